The Hall–Kier alpha value is -2.16. The molecule has 0 spiro atoms. The third-order valence-electron chi connectivity index (χ3n) is 3.37. The Morgan fingerprint density at radius 2 is 1.95 bits per heavy atom. The lowest BCUT2D eigenvalue weighted by Gasteiger charge is -2.12. The van der Waals surface area contributed by atoms with Gasteiger partial charge in [0.1, 0.15) is 11.5 Å². The molecule has 0 atom stereocenters. The van der Waals surface area contributed by atoms with Crippen molar-refractivity contribution in [1.29, 1.82) is 0 Å². The normalized spacial score (nSPS) is 10.3. The van der Waals surface area contributed by atoms with Crippen molar-refractivity contribution in [2.75, 3.05) is 12.4 Å². The number of phenolic OH excluding ortho intramolecular Hbond substituents is 1. The van der Waals surface area contributed by atoms with Gasteiger partial charge in [-0.2, -0.15) is 0 Å². The number of phenols is 1. The Morgan fingerprint density at radius 1 is 1.16 bits per heavy atom. The molecule has 0 bridgehead atoms. The van der Waals surface area contributed by atoms with Crippen molar-refractivity contribution in [3.63, 3.8) is 0 Å². The van der Waals surface area contributed by atoms with E-state index in [-0.39, 0.29) is 5.75 Å². The zero-order chi connectivity index (χ0) is 13.8. The maximum absolute atomic E-state index is 9.90. The lowest BCUT2D eigenvalue weighted by molar-refractivity contribution is 0.406. The van der Waals surface area contributed by atoms with Crippen molar-refractivity contribution >= 4 is 5.69 Å². The molecule has 2 aromatic rings. The Balaban J connectivity index is 2.12. The monoisotopic (exact) mass is 257 g/mol. The fraction of sp³-hybridized carbons (Fsp3) is 0.250. The summed E-state index contributed by atoms with van der Waals surface area (Å²) in [6.45, 7) is 4.76. The van der Waals surface area contributed by atoms with Crippen LogP contribution in [-0.4, -0.2) is 12.2 Å². The highest BCUT2D eigenvalue weighted by Gasteiger charge is 2.04. The Kier molecular flexibility index (Phi) is 3.95. The summed E-state index contributed by atoms with van der Waals surface area (Å²) in [7, 11) is 1.59. The van der Waals surface area contributed by atoms with Gasteiger partial charge in [0.05, 0.1) is 7.11 Å². The molecule has 2 rings (SSSR count). The summed E-state index contributed by atoms with van der Waals surface area (Å²) < 4.78 is 5.07. The molecule has 0 saturated heterocycles. The molecule has 0 aliphatic carbocycles. The molecular weight excluding hydrogens is 238 g/mol. The van der Waals surface area contributed by atoms with Gasteiger partial charge in [-0.15, -0.1) is 0 Å². The van der Waals surface area contributed by atoms with E-state index in [1.807, 2.05) is 24.3 Å². The first-order valence-electron chi connectivity index (χ1n) is 6.28. The van der Waals surface area contributed by atoms with Crippen LogP contribution in [0.1, 0.15) is 16.7 Å². The van der Waals surface area contributed by atoms with E-state index < -0.39 is 0 Å². The lowest BCUT2D eigenvalue weighted by atomic mass is 10.1. The summed E-state index contributed by atoms with van der Waals surface area (Å²) in [4.78, 5) is 0. The number of rotatable bonds is 4. The molecule has 0 fully saturated rings. The van der Waals surface area contributed by atoms with E-state index in [0.717, 1.165) is 11.3 Å². The van der Waals surface area contributed by atoms with Gasteiger partial charge in [0, 0.05) is 23.9 Å². The van der Waals surface area contributed by atoms with Crippen LogP contribution in [-0.2, 0) is 6.54 Å². The van der Waals surface area contributed by atoms with E-state index in [0.29, 0.717) is 12.3 Å². The first kappa shape index (κ1) is 13.3. The van der Waals surface area contributed by atoms with Gasteiger partial charge in [-0.3, -0.25) is 0 Å². The number of aromatic hydroxyl groups is 1. The van der Waals surface area contributed by atoms with Crippen LogP contribution in [0, 0.1) is 13.8 Å². The van der Waals surface area contributed by atoms with E-state index in [1.54, 1.807) is 13.2 Å². The predicted molar refractivity (Wildman–Crippen MR) is 77.9 cm³/mol. The molecule has 19 heavy (non-hydrogen) atoms. The largest absolute Gasteiger partial charge is 0.507 e. The third kappa shape index (κ3) is 2.99. The van der Waals surface area contributed by atoms with Crippen molar-refractivity contribution in [2.24, 2.45) is 0 Å². The minimum atomic E-state index is 0.247. The Morgan fingerprint density at radius 3 is 2.63 bits per heavy atom. The number of aryl methyl sites for hydroxylation is 1. The average molecular weight is 257 g/mol. The van der Waals surface area contributed by atoms with Gasteiger partial charge >= 0.3 is 0 Å². The first-order chi connectivity index (χ1) is 9.11. The van der Waals surface area contributed by atoms with E-state index in [9.17, 15) is 5.11 Å². The van der Waals surface area contributed by atoms with Crippen molar-refractivity contribution in [3.8, 4) is 11.5 Å². The molecule has 0 saturated carbocycles. The molecule has 2 N–H and O–H groups in total. The zero-order valence-corrected chi connectivity index (χ0v) is 11.5. The zero-order valence-electron chi connectivity index (χ0n) is 11.5. The number of nitrogens with one attached hydrogen (secondary N) is 1. The molecule has 100 valence electrons. The van der Waals surface area contributed by atoms with Gasteiger partial charge in [0.25, 0.3) is 0 Å². The van der Waals surface area contributed by atoms with Crippen LogP contribution < -0.4 is 10.1 Å². The predicted octanol–water partition coefficient (Wildman–Crippen LogP) is 3.63. The summed E-state index contributed by atoms with van der Waals surface area (Å²) in [5.74, 6) is 0.908. The second-order valence-corrected chi connectivity index (χ2v) is 4.60. The maximum atomic E-state index is 9.90. The van der Waals surface area contributed by atoms with Crippen LogP contribution in [0.4, 0.5) is 5.69 Å². The summed E-state index contributed by atoms with van der Waals surface area (Å²) in [5, 5.41) is 13.3. The molecule has 0 radical (unpaired) electrons. The Labute approximate surface area is 113 Å². The second-order valence-electron chi connectivity index (χ2n) is 4.60. The van der Waals surface area contributed by atoms with Gasteiger partial charge in [-0.05, 0) is 43.2 Å². The molecule has 3 heteroatoms. The smallest absolute Gasteiger partial charge is 0.124 e. The van der Waals surface area contributed by atoms with Gasteiger partial charge < -0.3 is 15.2 Å². The fourth-order valence-electron chi connectivity index (χ4n) is 1.95. The van der Waals surface area contributed by atoms with Crippen LogP contribution in [0.5, 0.6) is 11.5 Å². The topological polar surface area (TPSA) is 41.5 Å². The molecule has 0 aliphatic heterocycles. The lowest BCUT2D eigenvalue weighted by Crippen LogP contribution is -2.02. The van der Waals surface area contributed by atoms with E-state index in [4.69, 9.17) is 4.74 Å². The van der Waals surface area contributed by atoms with E-state index in [1.165, 1.54) is 11.1 Å². The quantitative estimate of drug-likeness (QED) is 0.878. The average Bonchev–Trinajstić information content (AvgIpc) is 2.41. The number of hydrogen-bond donors (Lipinski definition) is 2. The maximum Gasteiger partial charge on any atom is 0.124 e. The molecular formula is C16H19NO2. The fourth-order valence-corrected chi connectivity index (χ4v) is 1.95. The number of benzene rings is 2. The third-order valence-corrected chi connectivity index (χ3v) is 3.37. The Bertz CT molecular complexity index is 579. The molecule has 0 amide bonds. The number of ether oxygens (including phenoxy) is 1. The standard InChI is InChI=1S/C16H19NO2/c1-11-5-4-6-15(12(11)2)17-10-13-7-8-14(19-3)9-16(13)18/h4-9,17-18H,10H2,1-3H3. The first-order valence-corrected chi connectivity index (χ1v) is 6.28. The van der Waals surface area contributed by atoms with Crippen LogP contribution in [0.3, 0.4) is 0 Å². The van der Waals surface area contributed by atoms with Gasteiger partial charge in [-0.25, -0.2) is 0 Å². The highest BCUT2D eigenvalue weighted by Crippen LogP contribution is 2.25. The minimum absolute atomic E-state index is 0.247. The highest BCUT2D eigenvalue weighted by molar-refractivity contribution is 5.54. The summed E-state index contributed by atoms with van der Waals surface area (Å²) in [6.07, 6.45) is 0. The van der Waals surface area contributed by atoms with Crippen molar-refractivity contribution in [3.05, 3.63) is 53.1 Å². The van der Waals surface area contributed by atoms with Crippen LogP contribution in [0.2, 0.25) is 0 Å². The van der Waals surface area contributed by atoms with Gasteiger partial charge in [-0.1, -0.05) is 12.1 Å². The molecule has 0 heterocycles. The molecule has 0 aromatic heterocycles. The summed E-state index contributed by atoms with van der Waals surface area (Å²) in [5.41, 5.74) is 4.43. The molecule has 2 aromatic carbocycles. The van der Waals surface area contributed by atoms with Crippen molar-refractivity contribution < 1.29 is 9.84 Å². The van der Waals surface area contributed by atoms with Crippen LogP contribution in [0.15, 0.2) is 36.4 Å². The number of anilines is 1. The van der Waals surface area contributed by atoms with Crippen LogP contribution >= 0.6 is 0 Å². The van der Waals surface area contributed by atoms with Gasteiger partial charge in [0.2, 0.25) is 0 Å². The van der Waals surface area contributed by atoms with E-state index in [2.05, 4.69) is 25.2 Å². The van der Waals surface area contributed by atoms with Crippen LogP contribution in [0.25, 0.3) is 0 Å². The number of methoxy groups -OCH3 is 1. The van der Waals surface area contributed by atoms with Crippen molar-refractivity contribution in [1.82, 2.24) is 0 Å². The summed E-state index contributed by atoms with van der Waals surface area (Å²) in [6, 6.07) is 11.5. The van der Waals surface area contributed by atoms with Gasteiger partial charge in [0.15, 0.2) is 0 Å². The van der Waals surface area contributed by atoms with Crippen molar-refractivity contribution in [2.45, 2.75) is 20.4 Å². The summed E-state index contributed by atoms with van der Waals surface area (Å²) >= 11 is 0. The highest BCUT2D eigenvalue weighted by atomic mass is 16.5. The molecule has 3 nitrogen and oxygen atoms in total. The number of hydrogen-bond acceptors (Lipinski definition) is 3. The van der Waals surface area contributed by atoms with E-state index >= 15 is 0 Å². The minimum Gasteiger partial charge on any atom is -0.507 e. The SMILES string of the molecule is COc1ccc(CNc2cccc(C)c2C)c(O)c1. The molecule has 0 unspecified atom stereocenters. The molecule has 0 aliphatic rings. The second kappa shape index (κ2) is 5.65.